The molecular formula is C25H23ClN2O5. The number of amides is 1. The zero-order valence-corrected chi connectivity index (χ0v) is 18.8. The summed E-state index contributed by atoms with van der Waals surface area (Å²) in [6.07, 6.45) is 2.98. The highest BCUT2D eigenvalue weighted by atomic mass is 35.5. The second-order valence-electron chi connectivity index (χ2n) is 7.35. The van der Waals surface area contributed by atoms with Gasteiger partial charge in [-0.1, -0.05) is 11.6 Å². The van der Waals surface area contributed by atoms with Gasteiger partial charge in [-0.3, -0.25) is 4.79 Å². The van der Waals surface area contributed by atoms with E-state index in [9.17, 15) is 9.59 Å². The number of morpholine rings is 1. The first-order valence-electron chi connectivity index (χ1n) is 10.4. The van der Waals surface area contributed by atoms with Crippen molar-refractivity contribution < 1.29 is 23.5 Å². The third kappa shape index (κ3) is 5.63. The van der Waals surface area contributed by atoms with Gasteiger partial charge in [0.1, 0.15) is 11.5 Å². The van der Waals surface area contributed by atoms with Gasteiger partial charge in [-0.05, 0) is 60.7 Å². The van der Waals surface area contributed by atoms with Crippen LogP contribution in [0.3, 0.4) is 0 Å². The molecule has 4 rings (SSSR count). The number of esters is 1. The van der Waals surface area contributed by atoms with Crippen molar-refractivity contribution in [1.29, 1.82) is 0 Å². The van der Waals surface area contributed by atoms with Gasteiger partial charge in [0.05, 0.1) is 37.3 Å². The van der Waals surface area contributed by atoms with Crippen LogP contribution in [0.5, 0.6) is 0 Å². The van der Waals surface area contributed by atoms with E-state index in [1.807, 2.05) is 24.3 Å². The van der Waals surface area contributed by atoms with E-state index in [1.54, 1.807) is 36.4 Å². The normalized spacial score (nSPS) is 13.8. The van der Waals surface area contributed by atoms with Crippen LogP contribution in [0.2, 0.25) is 5.02 Å². The van der Waals surface area contributed by atoms with Crippen molar-refractivity contribution in [3.63, 3.8) is 0 Å². The molecule has 0 saturated carbocycles. The van der Waals surface area contributed by atoms with E-state index in [2.05, 4.69) is 10.2 Å². The number of hydrogen-bond donors (Lipinski definition) is 1. The smallest absolute Gasteiger partial charge is 0.337 e. The van der Waals surface area contributed by atoms with Gasteiger partial charge >= 0.3 is 5.97 Å². The molecular weight excluding hydrogens is 444 g/mol. The predicted molar refractivity (Wildman–Crippen MR) is 128 cm³/mol. The minimum absolute atomic E-state index is 0.351. The first-order valence-corrected chi connectivity index (χ1v) is 10.8. The van der Waals surface area contributed by atoms with Crippen molar-refractivity contribution in [2.45, 2.75) is 0 Å². The van der Waals surface area contributed by atoms with Crippen molar-refractivity contribution in [2.75, 3.05) is 43.6 Å². The average Bonchev–Trinajstić information content (AvgIpc) is 3.32. The van der Waals surface area contributed by atoms with Crippen LogP contribution in [0, 0.1) is 0 Å². The molecule has 0 bridgehead atoms. The quantitative estimate of drug-likeness (QED) is 0.412. The zero-order chi connectivity index (χ0) is 23.2. The van der Waals surface area contributed by atoms with Crippen LogP contribution in [0.25, 0.3) is 17.4 Å². The summed E-state index contributed by atoms with van der Waals surface area (Å²) >= 11 is 5.93. The number of rotatable bonds is 6. The predicted octanol–water partition coefficient (Wildman–Crippen LogP) is 4.88. The van der Waals surface area contributed by atoms with Gasteiger partial charge in [-0.2, -0.15) is 0 Å². The molecule has 8 heteroatoms. The maximum absolute atomic E-state index is 12.7. The van der Waals surface area contributed by atoms with Crippen LogP contribution in [0.15, 0.2) is 65.1 Å². The molecule has 1 aliphatic rings. The Morgan fingerprint density at radius 1 is 1.06 bits per heavy atom. The summed E-state index contributed by atoms with van der Waals surface area (Å²) in [6, 6.07) is 16.0. The lowest BCUT2D eigenvalue weighted by molar-refractivity contribution is -0.111. The number of anilines is 2. The Morgan fingerprint density at radius 3 is 2.55 bits per heavy atom. The standard InChI is InChI=1S/C25H23ClN2O5/c1-31-25(30)18-4-9-22(28-12-14-32-15-13-28)21(16-18)27-24(29)11-8-20-7-10-23(33-20)17-2-5-19(26)6-3-17/h2-11,16H,12-15H2,1H3,(H,27,29)/b11-8+. The van der Waals surface area contributed by atoms with Crippen LogP contribution in [0.1, 0.15) is 16.1 Å². The summed E-state index contributed by atoms with van der Waals surface area (Å²) in [5.41, 5.74) is 2.58. The summed E-state index contributed by atoms with van der Waals surface area (Å²) in [5.74, 6) is 0.384. The number of ether oxygens (including phenoxy) is 2. The highest BCUT2D eigenvalue weighted by Crippen LogP contribution is 2.29. The summed E-state index contributed by atoms with van der Waals surface area (Å²) in [7, 11) is 1.32. The molecule has 170 valence electrons. The minimum atomic E-state index is -0.472. The summed E-state index contributed by atoms with van der Waals surface area (Å²) in [6.45, 7) is 2.58. The van der Waals surface area contributed by atoms with Crippen molar-refractivity contribution >= 4 is 40.9 Å². The Kier molecular flexibility index (Phi) is 7.12. The molecule has 0 radical (unpaired) electrons. The average molecular weight is 467 g/mol. The zero-order valence-electron chi connectivity index (χ0n) is 18.0. The molecule has 2 aromatic carbocycles. The number of carbonyl (C=O) groups excluding carboxylic acids is 2. The molecule has 1 aliphatic heterocycles. The summed E-state index contributed by atoms with van der Waals surface area (Å²) in [4.78, 5) is 26.8. The van der Waals surface area contributed by atoms with E-state index in [4.69, 9.17) is 25.5 Å². The van der Waals surface area contributed by atoms with Crippen LogP contribution in [-0.2, 0) is 14.3 Å². The minimum Gasteiger partial charge on any atom is -0.465 e. The second-order valence-corrected chi connectivity index (χ2v) is 7.79. The molecule has 1 N–H and O–H groups in total. The van der Waals surface area contributed by atoms with E-state index in [-0.39, 0.29) is 5.91 Å². The number of halogens is 1. The first-order chi connectivity index (χ1) is 16.0. The highest BCUT2D eigenvalue weighted by molar-refractivity contribution is 6.30. The van der Waals surface area contributed by atoms with Crippen LogP contribution in [0.4, 0.5) is 11.4 Å². The van der Waals surface area contributed by atoms with Crippen LogP contribution < -0.4 is 10.2 Å². The van der Waals surface area contributed by atoms with Crippen LogP contribution >= 0.6 is 11.6 Å². The lowest BCUT2D eigenvalue weighted by Gasteiger charge is -2.30. The largest absolute Gasteiger partial charge is 0.465 e. The van der Waals surface area contributed by atoms with E-state index in [0.717, 1.165) is 11.3 Å². The van der Waals surface area contributed by atoms with Crippen LogP contribution in [-0.4, -0.2) is 45.3 Å². The van der Waals surface area contributed by atoms with Gasteiger partial charge in [-0.15, -0.1) is 0 Å². The molecule has 1 amide bonds. The molecule has 1 aromatic heterocycles. The van der Waals surface area contributed by atoms with Gasteiger partial charge < -0.3 is 24.1 Å². The van der Waals surface area contributed by atoms with E-state index in [0.29, 0.717) is 54.1 Å². The molecule has 7 nitrogen and oxygen atoms in total. The topological polar surface area (TPSA) is 81.0 Å². The number of nitrogens with one attached hydrogen (secondary N) is 1. The Balaban J connectivity index is 1.50. The fourth-order valence-corrected chi connectivity index (χ4v) is 3.63. The fourth-order valence-electron chi connectivity index (χ4n) is 3.50. The highest BCUT2D eigenvalue weighted by Gasteiger charge is 2.18. The Hall–Kier alpha value is -3.55. The second kappa shape index (κ2) is 10.4. The molecule has 0 unspecified atom stereocenters. The van der Waals surface area contributed by atoms with Gasteiger partial charge in [0, 0.05) is 29.8 Å². The maximum Gasteiger partial charge on any atom is 0.337 e. The van der Waals surface area contributed by atoms with Gasteiger partial charge in [0.2, 0.25) is 5.91 Å². The van der Waals surface area contributed by atoms with Gasteiger partial charge in [0.25, 0.3) is 0 Å². The SMILES string of the molecule is COC(=O)c1ccc(N2CCOCC2)c(NC(=O)/C=C/c2ccc(-c3ccc(Cl)cc3)o2)c1. The lowest BCUT2D eigenvalue weighted by Crippen LogP contribution is -2.36. The molecule has 1 saturated heterocycles. The fraction of sp³-hybridized carbons (Fsp3) is 0.200. The molecule has 1 fully saturated rings. The molecule has 0 atom stereocenters. The van der Waals surface area contributed by atoms with E-state index in [1.165, 1.54) is 13.2 Å². The van der Waals surface area contributed by atoms with Crippen molar-refractivity contribution in [3.05, 3.63) is 77.0 Å². The number of methoxy groups -OCH3 is 1. The Labute approximate surface area is 196 Å². The van der Waals surface area contributed by atoms with Crippen molar-refractivity contribution in [3.8, 4) is 11.3 Å². The monoisotopic (exact) mass is 466 g/mol. The number of furan rings is 1. The molecule has 0 spiro atoms. The van der Waals surface area contributed by atoms with Crippen molar-refractivity contribution in [1.82, 2.24) is 0 Å². The number of nitrogens with zero attached hydrogens (tertiary/aromatic N) is 1. The van der Waals surface area contributed by atoms with E-state index < -0.39 is 5.97 Å². The maximum atomic E-state index is 12.7. The number of hydrogen-bond acceptors (Lipinski definition) is 6. The molecule has 3 aromatic rings. The molecule has 33 heavy (non-hydrogen) atoms. The van der Waals surface area contributed by atoms with Crippen molar-refractivity contribution in [2.24, 2.45) is 0 Å². The third-order valence-electron chi connectivity index (χ3n) is 5.18. The third-order valence-corrected chi connectivity index (χ3v) is 5.43. The Bertz CT molecular complexity index is 1160. The first kappa shape index (κ1) is 22.6. The number of benzene rings is 2. The lowest BCUT2D eigenvalue weighted by atomic mass is 10.1. The van der Waals surface area contributed by atoms with E-state index >= 15 is 0 Å². The molecule has 0 aliphatic carbocycles. The summed E-state index contributed by atoms with van der Waals surface area (Å²) in [5, 5.41) is 3.52. The molecule has 2 heterocycles. The summed E-state index contributed by atoms with van der Waals surface area (Å²) < 4.78 is 16.0. The van der Waals surface area contributed by atoms with Gasteiger partial charge in [-0.25, -0.2) is 4.79 Å². The number of carbonyl (C=O) groups is 2. The van der Waals surface area contributed by atoms with Gasteiger partial charge in [0.15, 0.2) is 0 Å². The Morgan fingerprint density at radius 2 is 1.82 bits per heavy atom.